The van der Waals surface area contributed by atoms with Crippen molar-refractivity contribution in [3.8, 4) is 5.75 Å². The minimum Gasteiger partial charge on any atom is -0.486 e. The zero-order valence-electron chi connectivity index (χ0n) is 17.4. The van der Waals surface area contributed by atoms with E-state index in [0.717, 1.165) is 17.7 Å². The van der Waals surface area contributed by atoms with Crippen molar-refractivity contribution in [2.24, 2.45) is 0 Å². The molecule has 3 aromatic rings. The van der Waals surface area contributed by atoms with Gasteiger partial charge in [0.2, 0.25) is 0 Å². The van der Waals surface area contributed by atoms with Crippen molar-refractivity contribution in [3.05, 3.63) is 83.2 Å². The lowest BCUT2D eigenvalue weighted by Gasteiger charge is -2.39. The van der Waals surface area contributed by atoms with Gasteiger partial charge in [-0.05, 0) is 30.8 Å². The van der Waals surface area contributed by atoms with Gasteiger partial charge in [-0.25, -0.2) is 0 Å². The van der Waals surface area contributed by atoms with Crippen LogP contribution in [-0.2, 0) is 12.8 Å². The van der Waals surface area contributed by atoms with Crippen molar-refractivity contribution in [2.45, 2.75) is 18.8 Å². The monoisotopic (exact) mass is 445 g/mol. The molecule has 0 spiro atoms. The van der Waals surface area contributed by atoms with E-state index < -0.39 is 11.7 Å². The summed E-state index contributed by atoms with van der Waals surface area (Å²) in [5.74, 6) is 0.0430. The number of benzene rings is 2. The summed E-state index contributed by atoms with van der Waals surface area (Å²) >= 11 is 0. The number of aromatic nitrogens is 1. The van der Waals surface area contributed by atoms with Crippen LogP contribution in [0.3, 0.4) is 0 Å². The first kappa shape index (κ1) is 21.9. The number of amides is 1. The third-order valence-electron chi connectivity index (χ3n) is 5.44. The van der Waals surface area contributed by atoms with Gasteiger partial charge in [-0.2, -0.15) is 13.2 Å². The molecule has 1 fully saturated rings. The number of halogens is 3. The number of ether oxygens (including phenoxy) is 1. The number of hydrogen-bond donors (Lipinski definition) is 0. The Balaban J connectivity index is 1.39. The summed E-state index contributed by atoms with van der Waals surface area (Å²) in [5.41, 5.74) is 0.471. The Bertz CT molecular complexity index is 1070. The van der Waals surface area contributed by atoms with Crippen LogP contribution in [0, 0.1) is 0 Å². The number of alkyl halides is 3. The maximum absolute atomic E-state index is 12.9. The highest BCUT2D eigenvalue weighted by Gasteiger charge is 2.31. The minimum atomic E-state index is -4.45. The number of rotatable bonds is 5. The van der Waals surface area contributed by atoms with Crippen LogP contribution < -0.4 is 4.74 Å². The molecule has 1 aliphatic rings. The van der Waals surface area contributed by atoms with Gasteiger partial charge in [0.05, 0.1) is 11.6 Å². The molecular weight excluding hydrogens is 423 g/mol. The third kappa shape index (κ3) is 4.94. The Morgan fingerprint density at radius 2 is 1.91 bits per heavy atom. The zero-order chi connectivity index (χ0) is 22.7. The van der Waals surface area contributed by atoms with Gasteiger partial charge in [-0.1, -0.05) is 41.6 Å². The molecule has 0 aliphatic carbocycles. The van der Waals surface area contributed by atoms with Crippen molar-refractivity contribution in [3.63, 3.8) is 0 Å². The van der Waals surface area contributed by atoms with Crippen molar-refractivity contribution in [1.82, 2.24) is 15.0 Å². The summed E-state index contributed by atoms with van der Waals surface area (Å²) in [6.07, 6.45) is -4.45. The molecule has 4 rings (SSSR count). The fourth-order valence-corrected chi connectivity index (χ4v) is 3.65. The minimum absolute atomic E-state index is 0.0499. The lowest BCUT2D eigenvalue weighted by Crippen LogP contribution is -2.49. The highest BCUT2D eigenvalue weighted by molar-refractivity contribution is 5.92. The first-order chi connectivity index (χ1) is 15.3. The standard InChI is InChI=1S/C23H22F3N3O3/c1-28-10-11-29(14-21(28)16-6-3-2-4-7-16)22(30)20-13-19(32-27-20)15-31-18-9-5-8-17(12-18)23(24,25)26/h2-9,12-13,21H,10-11,14-15H2,1H3/t21-/m0/s1. The Morgan fingerprint density at radius 1 is 1.12 bits per heavy atom. The fraction of sp³-hybridized carbons (Fsp3) is 0.304. The van der Waals surface area contributed by atoms with Gasteiger partial charge < -0.3 is 14.2 Å². The molecular formula is C23H22F3N3O3. The van der Waals surface area contributed by atoms with Crippen LogP contribution in [0.25, 0.3) is 0 Å². The number of likely N-dealkylation sites (N-methyl/N-ethyl adjacent to an activating group) is 1. The maximum Gasteiger partial charge on any atom is 0.416 e. The number of carbonyl (C=O) groups excluding carboxylic acids is 1. The highest BCUT2D eigenvalue weighted by Crippen LogP contribution is 2.31. The van der Waals surface area contributed by atoms with Crippen molar-refractivity contribution in [1.29, 1.82) is 0 Å². The zero-order valence-corrected chi connectivity index (χ0v) is 17.4. The van der Waals surface area contributed by atoms with E-state index >= 15 is 0 Å². The molecule has 1 amide bonds. The van der Waals surface area contributed by atoms with E-state index in [-0.39, 0.29) is 35.8 Å². The van der Waals surface area contributed by atoms with Gasteiger partial charge in [-0.3, -0.25) is 9.69 Å². The lowest BCUT2D eigenvalue weighted by atomic mass is 10.0. The van der Waals surface area contributed by atoms with Crippen molar-refractivity contribution >= 4 is 5.91 Å². The Hall–Kier alpha value is -3.33. The molecule has 0 bridgehead atoms. The van der Waals surface area contributed by atoms with Gasteiger partial charge in [-0.15, -0.1) is 0 Å². The normalized spacial score (nSPS) is 17.4. The summed E-state index contributed by atoms with van der Waals surface area (Å²) < 4.78 is 49.1. The molecule has 1 aromatic heterocycles. The Morgan fingerprint density at radius 3 is 2.66 bits per heavy atom. The molecule has 0 unspecified atom stereocenters. The second-order valence-corrected chi connectivity index (χ2v) is 7.65. The molecule has 6 nitrogen and oxygen atoms in total. The van der Waals surface area contributed by atoms with Crippen molar-refractivity contribution in [2.75, 3.05) is 26.7 Å². The largest absolute Gasteiger partial charge is 0.486 e. The van der Waals surface area contributed by atoms with Crippen LogP contribution in [0.15, 0.2) is 65.2 Å². The SMILES string of the molecule is CN1CCN(C(=O)c2cc(COc3cccc(C(F)(F)F)c3)on2)C[C@H]1c1ccccc1. The van der Waals surface area contributed by atoms with E-state index in [1.54, 1.807) is 4.90 Å². The van der Waals surface area contributed by atoms with Gasteiger partial charge >= 0.3 is 6.18 Å². The molecule has 32 heavy (non-hydrogen) atoms. The summed E-state index contributed by atoms with van der Waals surface area (Å²) in [6, 6.07) is 16.1. The molecule has 1 saturated heterocycles. The van der Waals surface area contributed by atoms with Crippen LogP contribution in [0.1, 0.15) is 33.4 Å². The van der Waals surface area contributed by atoms with E-state index in [1.165, 1.54) is 18.2 Å². The molecule has 168 valence electrons. The summed E-state index contributed by atoms with van der Waals surface area (Å²) in [6.45, 7) is 1.65. The molecule has 0 N–H and O–H groups in total. The first-order valence-electron chi connectivity index (χ1n) is 10.1. The fourth-order valence-electron chi connectivity index (χ4n) is 3.65. The lowest BCUT2D eigenvalue weighted by molar-refractivity contribution is -0.137. The molecule has 1 atom stereocenters. The molecule has 2 aromatic carbocycles. The summed E-state index contributed by atoms with van der Waals surface area (Å²) in [4.78, 5) is 16.9. The van der Waals surface area contributed by atoms with Gasteiger partial charge in [0.15, 0.2) is 11.5 Å². The third-order valence-corrected chi connectivity index (χ3v) is 5.44. The highest BCUT2D eigenvalue weighted by atomic mass is 19.4. The van der Waals surface area contributed by atoms with Crippen molar-refractivity contribution < 1.29 is 27.2 Å². The van der Waals surface area contributed by atoms with Gasteiger partial charge in [0.1, 0.15) is 12.4 Å². The van der Waals surface area contributed by atoms with Gasteiger partial charge in [0, 0.05) is 25.7 Å². The van der Waals surface area contributed by atoms with E-state index in [4.69, 9.17) is 9.26 Å². The second kappa shape index (κ2) is 9.04. The Labute approximate surface area is 183 Å². The number of carbonyl (C=O) groups is 1. The first-order valence-corrected chi connectivity index (χ1v) is 10.1. The summed E-state index contributed by atoms with van der Waals surface area (Å²) in [5, 5.41) is 3.84. The quantitative estimate of drug-likeness (QED) is 0.583. The van der Waals surface area contributed by atoms with Gasteiger partial charge in [0.25, 0.3) is 5.91 Å². The second-order valence-electron chi connectivity index (χ2n) is 7.65. The number of hydrogen-bond acceptors (Lipinski definition) is 5. The summed E-state index contributed by atoms with van der Waals surface area (Å²) in [7, 11) is 2.03. The van der Waals surface area contributed by atoms with E-state index in [1.807, 2.05) is 37.4 Å². The smallest absolute Gasteiger partial charge is 0.416 e. The average Bonchev–Trinajstić information content (AvgIpc) is 3.27. The van der Waals surface area contributed by atoms with E-state index in [0.29, 0.717) is 19.6 Å². The van der Waals surface area contributed by atoms with E-state index in [2.05, 4.69) is 10.1 Å². The van der Waals surface area contributed by atoms with Crippen LogP contribution in [0.4, 0.5) is 13.2 Å². The molecule has 0 saturated carbocycles. The molecule has 9 heteroatoms. The molecule has 2 heterocycles. The predicted molar refractivity (Wildman–Crippen MR) is 110 cm³/mol. The predicted octanol–water partition coefficient (Wildman–Crippen LogP) is 4.40. The maximum atomic E-state index is 12.9. The average molecular weight is 445 g/mol. The van der Waals surface area contributed by atoms with Crippen LogP contribution >= 0.6 is 0 Å². The van der Waals surface area contributed by atoms with E-state index in [9.17, 15) is 18.0 Å². The van der Waals surface area contributed by atoms with Crippen LogP contribution in [0.5, 0.6) is 5.75 Å². The number of nitrogens with zero attached hydrogens (tertiary/aromatic N) is 3. The number of piperazine rings is 1. The topological polar surface area (TPSA) is 58.8 Å². The van der Waals surface area contributed by atoms with Crippen LogP contribution in [-0.4, -0.2) is 47.5 Å². The molecule has 0 radical (unpaired) electrons. The molecule has 1 aliphatic heterocycles. The van der Waals surface area contributed by atoms with Crippen LogP contribution in [0.2, 0.25) is 0 Å². The Kier molecular flexibility index (Phi) is 6.18.